The number of likely N-dealkylation sites (N-methyl/N-ethyl adjacent to an activating group) is 1. The third kappa shape index (κ3) is 4.02. The van der Waals surface area contributed by atoms with Gasteiger partial charge in [0.1, 0.15) is 11.6 Å². The molecule has 1 N–H and O–H groups in total. The normalized spacial score (nSPS) is 15.2. The summed E-state index contributed by atoms with van der Waals surface area (Å²) in [6, 6.07) is 12.0. The van der Waals surface area contributed by atoms with Crippen molar-refractivity contribution in [1.29, 1.82) is 5.26 Å². The zero-order valence-electron chi connectivity index (χ0n) is 18.8. The predicted octanol–water partition coefficient (Wildman–Crippen LogP) is 5.79. The summed E-state index contributed by atoms with van der Waals surface area (Å²) >= 11 is 0. The van der Waals surface area contributed by atoms with Crippen molar-refractivity contribution in [3.05, 3.63) is 69.8 Å². The Morgan fingerprint density at radius 3 is 2.40 bits per heavy atom. The summed E-state index contributed by atoms with van der Waals surface area (Å²) < 4.78 is 0. The number of carbonyl (C=O) groups excluding carboxylic acids is 1. The fraction of sp³-hybridized carbons (Fsp3) is 0.308. The number of nitrogens with one attached hydrogen (secondary N) is 1. The van der Waals surface area contributed by atoms with E-state index in [9.17, 15) is 10.1 Å². The number of allylic oxidation sites excluding steroid dienone is 1. The van der Waals surface area contributed by atoms with Crippen LogP contribution in [0, 0.1) is 32.1 Å². The predicted molar refractivity (Wildman–Crippen MR) is 125 cm³/mol. The molecule has 0 spiro atoms. The molecule has 1 amide bonds. The van der Waals surface area contributed by atoms with Crippen LogP contribution in [0.4, 0.5) is 11.4 Å². The molecule has 0 bridgehead atoms. The van der Waals surface area contributed by atoms with E-state index in [1.165, 1.54) is 5.57 Å². The highest BCUT2D eigenvalue weighted by molar-refractivity contribution is 6.10. The van der Waals surface area contributed by atoms with Gasteiger partial charge in [0.05, 0.1) is 5.54 Å². The van der Waals surface area contributed by atoms with Crippen molar-refractivity contribution in [2.45, 2.75) is 47.1 Å². The molecule has 2 aromatic rings. The highest BCUT2D eigenvalue weighted by atomic mass is 16.1. The molecule has 0 fully saturated rings. The first-order valence-corrected chi connectivity index (χ1v) is 10.1. The number of nitriles is 1. The van der Waals surface area contributed by atoms with Crippen LogP contribution >= 0.6 is 0 Å². The Hall–Kier alpha value is -3.32. The van der Waals surface area contributed by atoms with Crippen LogP contribution in [0.5, 0.6) is 0 Å². The first-order chi connectivity index (χ1) is 14.0. The van der Waals surface area contributed by atoms with Crippen molar-refractivity contribution in [1.82, 2.24) is 0 Å². The Labute approximate surface area is 179 Å². The topological polar surface area (TPSA) is 56.1 Å². The number of anilines is 2. The average molecular weight is 400 g/mol. The number of benzene rings is 2. The minimum atomic E-state index is -0.400. The maximum Gasteiger partial charge on any atom is 0.266 e. The molecule has 0 unspecified atom stereocenters. The summed E-state index contributed by atoms with van der Waals surface area (Å²) in [5.41, 5.74) is 8.34. The molecule has 4 heteroatoms. The van der Waals surface area contributed by atoms with E-state index in [1.54, 1.807) is 6.08 Å². The quantitative estimate of drug-likeness (QED) is 0.525. The molecule has 0 aromatic heterocycles. The lowest BCUT2D eigenvalue weighted by Crippen LogP contribution is -2.42. The van der Waals surface area contributed by atoms with E-state index >= 15 is 0 Å². The smallest absolute Gasteiger partial charge is 0.266 e. The van der Waals surface area contributed by atoms with Gasteiger partial charge in [-0.15, -0.1) is 0 Å². The standard InChI is InChI=1S/C26H29N3O/c1-16-8-9-22(10-17(16)2)28-25(30)21(15-27)12-20-13-23-19(4)14-26(5,6)29(7)24(23)11-18(20)3/h8-14H,1-7H3,(H,28,30)/b21-12-. The van der Waals surface area contributed by atoms with E-state index in [1.807, 2.05) is 39.0 Å². The average Bonchev–Trinajstić information content (AvgIpc) is 2.67. The third-order valence-corrected chi connectivity index (χ3v) is 6.03. The third-order valence-electron chi connectivity index (χ3n) is 6.03. The van der Waals surface area contributed by atoms with Crippen molar-refractivity contribution in [2.24, 2.45) is 0 Å². The molecule has 0 atom stereocenters. The lowest BCUT2D eigenvalue weighted by molar-refractivity contribution is -0.112. The number of hydrogen-bond donors (Lipinski definition) is 1. The van der Waals surface area contributed by atoms with Crippen molar-refractivity contribution in [3.8, 4) is 6.07 Å². The number of fused-ring (bicyclic) bond motifs is 1. The van der Waals surface area contributed by atoms with Gasteiger partial charge in [-0.05, 0) is 99.7 Å². The highest BCUT2D eigenvalue weighted by Crippen LogP contribution is 2.39. The maximum atomic E-state index is 12.7. The molecule has 1 heterocycles. The summed E-state index contributed by atoms with van der Waals surface area (Å²) in [6.07, 6.45) is 3.93. The van der Waals surface area contributed by atoms with Gasteiger partial charge in [0.25, 0.3) is 5.91 Å². The van der Waals surface area contributed by atoms with Gasteiger partial charge in [-0.3, -0.25) is 4.79 Å². The number of carbonyl (C=O) groups is 1. The fourth-order valence-corrected chi connectivity index (χ4v) is 3.79. The Morgan fingerprint density at radius 2 is 1.77 bits per heavy atom. The number of amides is 1. The summed E-state index contributed by atoms with van der Waals surface area (Å²) in [5, 5.41) is 12.5. The van der Waals surface area contributed by atoms with Crippen molar-refractivity contribution < 1.29 is 4.79 Å². The van der Waals surface area contributed by atoms with E-state index in [2.05, 4.69) is 62.3 Å². The van der Waals surface area contributed by atoms with Gasteiger partial charge in [-0.25, -0.2) is 0 Å². The molecule has 30 heavy (non-hydrogen) atoms. The van der Waals surface area contributed by atoms with E-state index in [0.717, 1.165) is 33.5 Å². The van der Waals surface area contributed by atoms with Gasteiger partial charge >= 0.3 is 0 Å². The lowest BCUT2D eigenvalue weighted by Gasteiger charge is -2.41. The van der Waals surface area contributed by atoms with E-state index in [-0.39, 0.29) is 11.1 Å². The molecule has 0 aliphatic carbocycles. The number of rotatable bonds is 3. The molecular formula is C26H29N3O. The monoisotopic (exact) mass is 399 g/mol. The Balaban J connectivity index is 1.96. The molecule has 0 saturated heterocycles. The molecule has 4 nitrogen and oxygen atoms in total. The van der Waals surface area contributed by atoms with Crippen molar-refractivity contribution in [2.75, 3.05) is 17.3 Å². The number of aryl methyl sites for hydroxylation is 3. The Morgan fingerprint density at radius 1 is 1.07 bits per heavy atom. The number of nitrogens with zero attached hydrogens (tertiary/aromatic N) is 2. The molecule has 2 aromatic carbocycles. The van der Waals surface area contributed by atoms with Crippen LogP contribution in [0.3, 0.4) is 0 Å². The van der Waals surface area contributed by atoms with Crippen LogP contribution in [0.2, 0.25) is 0 Å². The molecule has 0 saturated carbocycles. The fourth-order valence-electron chi connectivity index (χ4n) is 3.79. The molecule has 3 rings (SSSR count). The van der Waals surface area contributed by atoms with Gasteiger partial charge in [-0.1, -0.05) is 12.1 Å². The number of hydrogen-bond acceptors (Lipinski definition) is 3. The van der Waals surface area contributed by atoms with Gasteiger partial charge in [0, 0.05) is 24.0 Å². The second-order valence-electron chi connectivity index (χ2n) is 8.69. The van der Waals surface area contributed by atoms with E-state index < -0.39 is 5.91 Å². The van der Waals surface area contributed by atoms with Gasteiger partial charge in [-0.2, -0.15) is 5.26 Å². The zero-order valence-corrected chi connectivity index (χ0v) is 18.8. The second kappa shape index (κ2) is 7.84. The Kier molecular flexibility index (Phi) is 5.59. The first-order valence-electron chi connectivity index (χ1n) is 10.1. The molecule has 1 aliphatic rings. The summed E-state index contributed by atoms with van der Waals surface area (Å²) in [4.78, 5) is 15.0. The van der Waals surface area contributed by atoms with Gasteiger partial charge in [0.2, 0.25) is 0 Å². The minimum Gasteiger partial charge on any atom is -0.365 e. The largest absolute Gasteiger partial charge is 0.365 e. The molecule has 0 radical (unpaired) electrons. The molecular weight excluding hydrogens is 370 g/mol. The molecule has 1 aliphatic heterocycles. The Bertz CT molecular complexity index is 1130. The van der Waals surface area contributed by atoms with Crippen LogP contribution < -0.4 is 10.2 Å². The first kappa shape index (κ1) is 21.4. The van der Waals surface area contributed by atoms with Crippen molar-refractivity contribution in [3.63, 3.8) is 0 Å². The van der Waals surface area contributed by atoms with Gasteiger partial charge in [0.15, 0.2) is 0 Å². The summed E-state index contributed by atoms with van der Waals surface area (Å²) in [6.45, 7) is 12.5. The van der Waals surface area contributed by atoms with E-state index in [0.29, 0.717) is 5.69 Å². The van der Waals surface area contributed by atoms with Crippen LogP contribution in [0.1, 0.15) is 48.6 Å². The molecule has 154 valence electrons. The van der Waals surface area contributed by atoms with Crippen LogP contribution in [-0.2, 0) is 4.79 Å². The highest BCUT2D eigenvalue weighted by Gasteiger charge is 2.28. The SMILES string of the molecule is CC1=CC(C)(C)N(C)c2cc(C)c(/C=C(/C#N)C(=O)Nc3ccc(C)c(C)c3)cc21. The van der Waals surface area contributed by atoms with Crippen LogP contribution in [0.15, 0.2) is 42.0 Å². The maximum absolute atomic E-state index is 12.7. The zero-order chi connectivity index (χ0) is 22.2. The van der Waals surface area contributed by atoms with Crippen molar-refractivity contribution >= 4 is 28.9 Å². The lowest BCUT2D eigenvalue weighted by atomic mass is 9.87. The van der Waals surface area contributed by atoms with E-state index in [4.69, 9.17) is 0 Å². The summed E-state index contributed by atoms with van der Waals surface area (Å²) in [5.74, 6) is -0.400. The van der Waals surface area contributed by atoms with Crippen LogP contribution in [-0.4, -0.2) is 18.5 Å². The van der Waals surface area contributed by atoms with Crippen LogP contribution in [0.25, 0.3) is 11.6 Å². The van der Waals surface area contributed by atoms with Gasteiger partial charge < -0.3 is 10.2 Å². The minimum absolute atomic E-state index is 0.0647. The second-order valence-corrected chi connectivity index (χ2v) is 8.69. The summed E-state index contributed by atoms with van der Waals surface area (Å²) in [7, 11) is 2.09.